The Bertz CT molecular complexity index is 483. The standard InChI is InChI=1S/C14H23NO9/c1-14(2)23-9-6(15)5-7(10(9)24-14)21-3-4-22-11(13(19)20)8(16)12(17)18/h6-11,16H,3-5,15H2,1-2H3,(H,17,18)(H,19,20)/t6-,7+,8?,9+,10-,11?/m1/s1. The van der Waals surface area contributed by atoms with Gasteiger partial charge in [-0.15, -0.1) is 0 Å². The molecule has 2 fully saturated rings. The largest absolute Gasteiger partial charge is 0.479 e. The third kappa shape index (κ3) is 4.21. The van der Waals surface area contributed by atoms with E-state index in [9.17, 15) is 14.7 Å². The molecule has 2 rings (SSSR count). The molecule has 2 unspecified atom stereocenters. The monoisotopic (exact) mass is 349 g/mol. The quantitative estimate of drug-likeness (QED) is 0.381. The zero-order valence-electron chi connectivity index (χ0n) is 13.5. The lowest BCUT2D eigenvalue weighted by atomic mass is 10.2. The van der Waals surface area contributed by atoms with Gasteiger partial charge in [0.15, 0.2) is 18.0 Å². The molecular formula is C14H23NO9. The number of aliphatic hydroxyl groups is 1. The van der Waals surface area contributed by atoms with E-state index in [1.54, 1.807) is 13.8 Å². The van der Waals surface area contributed by atoms with E-state index in [2.05, 4.69) is 0 Å². The molecular weight excluding hydrogens is 326 g/mol. The lowest BCUT2D eigenvalue weighted by molar-refractivity contribution is -0.177. The SMILES string of the molecule is CC1(C)O[C@@H]2[C@H](O1)[C@@H](OCCOC(C(=O)O)C(O)C(=O)O)C[C@H]2N. The highest BCUT2D eigenvalue weighted by atomic mass is 16.8. The number of ether oxygens (including phenoxy) is 4. The van der Waals surface area contributed by atoms with Crippen LogP contribution in [0.1, 0.15) is 20.3 Å². The van der Waals surface area contributed by atoms with Crippen LogP contribution < -0.4 is 5.73 Å². The van der Waals surface area contributed by atoms with E-state index in [4.69, 9.17) is 34.9 Å². The van der Waals surface area contributed by atoms with Gasteiger partial charge in [-0.25, -0.2) is 9.59 Å². The first-order valence-corrected chi connectivity index (χ1v) is 7.60. The first-order chi connectivity index (χ1) is 11.1. The molecule has 2 aliphatic rings. The Morgan fingerprint density at radius 3 is 2.42 bits per heavy atom. The maximum absolute atomic E-state index is 10.9. The lowest BCUT2D eigenvalue weighted by Crippen LogP contribution is -2.42. The summed E-state index contributed by atoms with van der Waals surface area (Å²) in [5.41, 5.74) is 6.00. The smallest absolute Gasteiger partial charge is 0.336 e. The summed E-state index contributed by atoms with van der Waals surface area (Å²) in [5.74, 6) is -3.99. The van der Waals surface area contributed by atoms with Crippen LogP contribution in [0.5, 0.6) is 0 Å². The highest BCUT2D eigenvalue weighted by Gasteiger charge is 2.53. The van der Waals surface area contributed by atoms with Gasteiger partial charge in [0, 0.05) is 6.04 Å². The summed E-state index contributed by atoms with van der Waals surface area (Å²) < 4.78 is 22.0. The Morgan fingerprint density at radius 1 is 1.21 bits per heavy atom. The van der Waals surface area contributed by atoms with Gasteiger partial charge >= 0.3 is 11.9 Å². The zero-order valence-corrected chi connectivity index (χ0v) is 13.5. The molecule has 1 aliphatic carbocycles. The fourth-order valence-corrected chi connectivity index (χ4v) is 2.94. The highest BCUT2D eigenvalue weighted by Crippen LogP contribution is 2.38. The normalized spacial score (nSPS) is 33.8. The average molecular weight is 349 g/mol. The molecule has 1 saturated carbocycles. The Balaban J connectivity index is 1.80. The van der Waals surface area contributed by atoms with Gasteiger partial charge in [0.05, 0.1) is 19.3 Å². The Labute approximate surface area is 138 Å². The minimum atomic E-state index is -2.15. The minimum absolute atomic E-state index is 0.000510. The van der Waals surface area contributed by atoms with E-state index in [-0.39, 0.29) is 37.6 Å². The average Bonchev–Trinajstić information content (AvgIpc) is 2.93. The van der Waals surface area contributed by atoms with Gasteiger partial charge in [-0.3, -0.25) is 0 Å². The Kier molecular flexibility index (Phi) is 5.78. The first kappa shape index (κ1) is 19.0. The van der Waals surface area contributed by atoms with Gasteiger partial charge in [-0.05, 0) is 20.3 Å². The number of nitrogens with two attached hydrogens (primary N) is 1. The third-order valence-electron chi connectivity index (χ3n) is 3.95. The van der Waals surface area contributed by atoms with Crippen molar-refractivity contribution in [1.82, 2.24) is 0 Å². The summed E-state index contributed by atoms with van der Waals surface area (Å²) in [6.45, 7) is 3.36. The summed E-state index contributed by atoms with van der Waals surface area (Å²) in [6, 6.07) is -0.233. The molecule has 0 aromatic rings. The summed E-state index contributed by atoms with van der Waals surface area (Å²) in [7, 11) is 0. The maximum Gasteiger partial charge on any atom is 0.336 e. The van der Waals surface area contributed by atoms with Crippen LogP contribution in [0.15, 0.2) is 0 Å². The molecule has 1 aliphatic heterocycles. The predicted octanol–water partition coefficient (Wildman–Crippen LogP) is -1.46. The van der Waals surface area contributed by atoms with Crippen molar-refractivity contribution in [3.8, 4) is 0 Å². The maximum atomic E-state index is 10.9. The van der Waals surface area contributed by atoms with E-state index in [1.807, 2.05) is 0 Å². The molecule has 10 heteroatoms. The number of carbonyl (C=O) groups is 2. The van der Waals surface area contributed by atoms with Crippen molar-refractivity contribution in [1.29, 1.82) is 0 Å². The lowest BCUT2D eigenvalue weighted by Gasteiger charge is -2.23. The van der Waals surface area contributed by atoms with E-state index in [0.29, 0.717) is 6.42 Å². The van der Waals surface area contributed by atoms with Crippen molar-refractivity contribution < 1.29 is 43.9 Å². The zero-order chi connectivity index (χ0) is 18.1. The van der Waals surface area contributed by atoms with Gasteiger partial charge in [0.25, 0.3) is 0 Å². The number of hydrogen-bond donors (Lipinski definition) is 4. The van der Waals surface area contributed by atoms with Crippen LogP contribution in [-0.4, -0.2) is 82.8 Å². The van der Waals surface area contributed by atoms with Gasteiger partial charge in [0.1, 0.15) is 12.2 Å². The molecule has 0 amide bonds. The van der Waals surface area contributed by atoms with Crippen LogP contribution in [-0.2, 0) is 28.5 Å². The number of hydrogen-bond acceptors (Lipinski definition) is 8. The first-order valence-electron chi connectivity index (χ1n) is 7.60. The molecule has 1 heterocycles. The second-order valence-corrected chi connectivity index (χ2v) is 6.29. The van der Waals surface area contributed by atoms with E-state index < -0.39 is 29.9 Å². The van der Waals surface area contributed by atoms with Crippen molar-refractivity contribution in [2.75, 3.05) is 13.2 Å². The number of fused-ring (bicyclic) bond motifs is 1. The van der Waals surface area contributed by atoms with Crippen LogP contribution in [0.3, 0.4) is 0 Å². The van der Waals surface area contributed by atoms with Crippen LogP contribution in [0, 0.1) is 0 Å². The van der Waals surface area contributed by atoms with Crippen LogP contribution in [0.2, 0.25) is 0 Å². The van der Waals surface area contributed by atoms with Crippen molar-refractivity contribution in [3.63, 3.8) is 0 Å². The number of carboxylic acid groups (broad SMARTS) is 2. The summed E-state index contributed by atoms with van der Waals surface area (Å²) in [4.78, 5) is 21.6. The predicted molar refractivity (Wildman–Crippen MR) is 77.2 cm³/mol. The topological polar surface area (TPSA) is 158 Å². The highest BCUT2D eigenvalue weighted by molar-refractivity contribution is 5.83. The molecule has 6 atom stereocenters. The summed E-state index contributed by atoms with van der Waals surface area (Å²) in [6.07, 6.45) is -4.43. The van der Waals surface area contributed by atoms with Crippen molar-refractivity contribution in [3.05, 3.63) is 0 Å². The van der Waals surface area contributed by atoms with Gasteiger partial charge in [0.2, 0.25) is 0 Å². The molecule has 0 aromatic carbocycles. The second-order valence-electron chi connectivity index (χ2n) is 6.29. The Morgan fingerprint density at radius 2 is 1.83 bits per heavy atom. The van der Waals surface area contributed by atoms with Gasteiger partial charge in [-0.1, -0.05) is 0 Å². The number of rotatable bonds is 8. The molecule has 0 spiro atoms. The molecule has 24 heavy (non-hydrogen) atoms. The number of aliphatic carboxylic acids is 2. The molecule has 10 nitrogen and oxygen atoms in total. The fraction of sp³-hybridized carbons (Fsp3) is 0.857. The van der Waals surface area contributed by atoms with Crippen molar-refractivity contribution in [2.45, 2.75) is 62.6 Å². The summed E-state index contributed by atoms with van der Waals surface area (Å²) in [5, 5.41) is 26.8. The third-order valence-corrected chi connectivity index (χ3v) is 3.95. The molecule has 0 radical (unpaired) electrons. The van der Waals surface area contributed by atoms with Gasteiger partial charge < -0.3 is 40.0 Å². The van der Waals surface area contributed by atoms with Crippen molar-refractivity contribution >= 4 is 11.9 Å². The molecule has 5 N–H and O–H groups in total. The summed E-state index contributed by atoms with van der Waals surface area (Å²) >= 11 is 0. The van der Waals surface area contributed by atoms with E-state index >= 15 is 0 Å². The number of aliphatic hydroxyl groups excluding tert-OH is 1. The second kappa shape index (κ2) is 7.30. The molecule has 1 saturated heterocycles. The van der Waals surface area contributed by atoms with E-state index in [0.717, 1.165) is 0 Å². The van der Waals surface area contributed by atoms with Crippen LogP contribution >= 0.6 is 0 Å². The Hall–Kier alpha value is -1.30. The molecule has 138 valence electrons. The molecule has 0 aromatic heterocycles. The van der Waals surface area contributed by atoms with Crippen LogP contribution in [0.4, 0.5) is 0 Å². The van der Waals surface area contributed by atoms with Crippen molar-refractivity contribution in [2.24, 2.45) is 5.73 Å². The molecule has 0 bridgehead atoms. The van der Waals surface area contributed by atoms with Crippen LogP contribution in [0.25, 0.3) is 0 Å². The minimum Gasteiger partial charge on any atom is -0.479 e. The number of carboxylic acids is 2. The van der Waals surface area contributed by atoms with Gasteiger partial charge in [-0.2, -0.15) is 0 Å². The fourth-order valence-electron chi connectivity index (χ4n) is 2.94. The van der Waals surface area contributed by atoms with E-state index in [1.165, 1.54) is 0 Å².